The summed E-state index contributed by atoms with van der Waals surface area (Å²) < 4.78 is 5.27. The molecule has 2 amide bonds. The zero-order valence-electron chi connectivity index (χ0n) is 15.1. The number of ether oxygens (including phenoxy) is 1. The standard InChI is InChI=1S/C19H22ClN3O3/c1-11-9-17(18(26-4)10-16(11)20)23-19(25)12(2)21-14-5-7-15(8-6-14)22-13(3)24/h5-10,12,21H,1-4H3,(H,22,24)(H,23,25). The zero-order chi connectivity index (χ0) is 19.3. The minimum absolute atomic E-state index is 0.134. The van der Waals surface area contributed by atoms with E-state index in [0.717, 1.165) is 11.3 Å². The van der Waals surface area contributed by atoms with Gasteiger partial charge in [0.2, 0.25) is 11.8 Å². The third-order valence-corrected chi connectivity index (χ3v) is 4.13. The molecule has 0 spiro atoms. The third-order valence-electron chi connectivity index (χ3n) is 3.72. The minimum atomic E-state index is -0.484. The van der Waals surface area contributed by atoms with E-state index in [2.05, 4.69) is 16.0 Å². The quantitative estimate of drug-likeness (QED) is 0.711. The molecule has 3 N–H and O–H groups in total. The summed E-state index contributed by atoms with van der Waals surface area (Å²) in [5, 5.41) is 9.23. The van der Waals surface area contributed by atoms with E-state index >= 15 is 0 Å². The molecule has 0 aliphatic carbocycles. The highest BCUT2D eigenvalue weighted by molar-refractivity contribution is 6.31. The van der Waals surface area contributed by atoms with Gasteiger partial charge < -0.3 is 20.7 Å². The summed E-state index contributed by atoms with van der Waals surface area (Å²) in [6.45, 7) is 5.06. The average Bonchev–Trinajstić information content (AvgIpc) is 2.59. The first-order valence-corrected chi connectivity index (χ1v) is 8.47. The molecule has 7 heteroatoms. The summed E-state index contributed by atoms with van der Waals surface area (Å²) >= 11 is 6.08. The van der Waals surface area contributed by atoms with Crippen molar-refractivity contribution in [3.05, 3.63) is 47.0 Å². The number of aryl methyl sites for hydroxylation is 1. The van der Waals surface area contributed by atoms with Gasteiger partial charge in [-0.1, -0.05) is 11.6 Å². The van der Waals surface area contributed by atoms with E-state index in [9.17, 15) is 9.59 Å². The minimum Gasteiger partial charge on any atom is -0.495 e. The van der Waals surface area contributed by atoms with Gasteiger partial charge in [-0.15, -0.1) is 0 Å². The van der Waals surface area contributed by atoms with Gasteiger partial charge >= 0.3 is 0 Å². The van der Waals surface area contributed by atoms with Crippen LogP contribution in [0.5, 0.6) is 5.75 Å². The van der Waals surface area contributed by atoms with Crippen molar-refractivity contribution < 1.29 is 14.3 Å². The second-order valence-corrected chi connectivity index (χ2v) is 6.32. The highest BCUT2D eigenvalue weighted by Crippen LogP contribution is 2.31. The maximum Gasteiger partial charge on any atom is 0.246 e. The highest BCUT2D eigenvalue weighted by Gasteiger charge is 2.16. The van der Waals surface area contributed by atoms with Gasteiger partial charge in [0.1, 0.15) is 11.8 Å². The molecule has 2 aromatic carbocycles. The van der Waals surface area contributed by atoms with Crippen LogP contribution in [0.2, 0.25) is 5.02 Å². The molecule has 1 atom stereocenters. The van der Waals surface area contributed by atoms with Gasteiger partial charge in [-0.2, -0.15) is 0 Å². The van der Waals surface area contributed by atoms with Gasteiger partial charge in [-0.3, -0.25) is 9.59 Å². The molecule has 0 saturated carbocycles. The van der Waals surface area contributed by atoms with Crippen molar-refractivity contribution in [2.24, 2.45) is 0 Å². The molecule has 6 nitrogen and oxygen atoms in total. The van der Waals surface area contributed by atoms with Crippen molar-refractivity contribution in [1.29, 1.82) is 0 Å². The van der Waals surface area contributed by atoms with Crippen LogP contribution in [-0.2, 0) is 9.59 Å². The first-order valence-electron chi connectivity index (χ1n) is 8.09. The molecule has 0 aromatic heterocycles. The van der Waals surface area contributed by atoms with E-state index in [1.54, 1.807) is 43.3 Å². The van der Waals surface area contributed by atoms with Crippen LogP contribution in [0.3, 0.4) is 0 Å². The molecule has 1 unspecified atom stereocenters. The summed E-state index contributed by atoms with van der Waals surface area (Å²) in [7, 11) is 1.52. The second kappa shape index (κ2) is 8.58. The number of benzene rings is 2. The van der Waals surface area contributed by atoms with E-state index in [-0.39, 0.29) is 11.8 Å². The molecule has 0 fully saturated rings. The van der Waals surface area contributed by atoms with E-state index < -0.39 is 6.04 Å². The van der Waals surface area contributed by atoms with Crippen LogP contribution >= 0.6 is 11.6 Å². The van der Waals surface area contributed by atoms with Crippen LogP contribution in [0.25, 0.3) is 0 Å². The molecule has 0 heterocycles. The number of methoxy groups -OCH3 is 1. The Bertz CT molecular complexity index is 806. The number of anilines is 3. The van der Waals surface area contributed by atoms with Gasteiger partial charge in [0.05, 0.1) is 12.8 Å². The van der Waals surface area contributed by atoms with Crippen molar-refractivity contribution in [3.63, 3.8) is 0 Å². The Morgan fingerprint density at radius 2 is 1.69 bits per heavy atom. The predicted molar refractivity (Wildman–Crippen MR) is 105 cm³/mol. The Morgan fingerprint density at radius 3 is 2.27 bits per heavy atom. The largest absolute Gasteiger partial charge is 0.495 e. The molecule has 26 heavy (non-hydrogen) atoms. The fraction of sp³-hybridized carbons (Fsp3) is 0.263. The lowest BCUT2D eigenvalue weighted by Gasteiger charge is -2.17. The monoisotopic (exact) mass is 375 g/mol. The summed E-state index contributed by atoms with van der Waals surface area (Å²) in [4.78, 5) is 23.5. The van der Waals surface area contributed by atoms with E-state index in [1.807, 2.05) is 6.92 Å². The number of carbonyl (C=O) groups is 2. The average molecular weight is 376 g/mol. The lowest BCUT2D eigenvalue weighted by Crippen LogP contribution is -2.32. The Labute approximate surface area is 157 Å². The first kappa shape index (κ1) is 19.6. The number of halogens is 1. The summed E-state index contributed by atoms with van der Waals surface area (Å²) in [6, 6.07) is 10.1. The third kappa shape index (κ3) is 5.13. The number of hydrogen-bond acceptors (Lipinski definition) is 4. The van der Waals surface area contributed by atoms with Gasteiger partial charge in [0, 0.05) is 29.4 Å². The lowest BCUT2D eigenvalue weighted by atomic mass is 10.2. The van der Waals surface area contributed by atoms with Crippen LogP contribution in [0, 0.1) is 6.92 Å². The van der Waals surface area contributed by atoms with Crippen molar-refractivity contribution in [3.8, 4) is 5.75 Å². The second-order valence-electron chi connectivity index (χ2n) is 5.92. The van der Waals surface area contributed by atoms with Gasteiger partial charge in [-0.25, -0.2) is 0 Å². The maximum atomic E-state index is 12.5. The van der Waals surface area contributed by atoms with Crippen LogP contribution in [0.15, 0.2) is 36.4 Å². The number of nitrogens with one attached hydrogen (secondary N) is 3. The molecular weight excluding hydrogens is 354 g/mol. The fourth-order valence-electron chi connectivity index (χ4n) is 2.34. The Morgan fingerprint density at radius 1 is 1.08 bits per heavy atom. The predicted octanol–water partition coefficient (Wildman–Crippen LogP) is 4.05. The topological polar surface area (TPSA) is 79.5 Å². The smallest absolute Gasteiger partial charge is 0.246 e. The van der Waals surface area contributed by atoms with Crippen LogP contribution in [0.1, 0.15) is 19.4 Å². The van der Waals surface area contributed by atoms with Gasteiger partial charge in [0.25, 0.3) is 0 Å². The summed E-state index contributed by atoms with van der Waals surface area (Å²) in [6.07, 6.45) is 0. The summed E-state index contributed by atoms with van der Waals surface area (Å²) in [5.41, 5.74) is 2.87. The molecule has 0 bridgehead atoms. The van der Waals surface area contributed by atoms with Crippen molar-refractivity contribution in [2.45, 2.75) is 26.8 Å². The molecule has 0 aliphatic rings. The Kier molecular flexibility index (Phi) is 6.46. The van der Waals surface area contributed by atoms with E-state index in [1.165, 1.54) is 14.0 Å². The molecule has 0 radical (unpaired) electrons. The van der Waals surface area contributed by atoms with Gasteiger partial charge in [-0.05, 0) is 49.7 Å². The molecule has 0 aliphatic heterocycles. The first-order chi connectivity index (χ1) is 12.3. The molecule has 0 saturated heterocycles. The van der Waals surface area contributed by atoms with Crippen LogP contribution in [-0.4, -0.2) is 25.0 Å². The number of rotatable bonds is 6. The normalized spacial score (nSPS) is 11.4. The van der Waals surface area contributed by atoms with E-state index in [0.29, 0.717) is 22.1 Å². The zero-order valence-corrected chi connectivity index (χ0v) is 15.9. The van der Waals surface area contributed by atoms with Crippen molar-refractivity contribution in [2.75, 3.05) is 23.1 Å². The SMILES string of the molecule is COc1cc(Cl)c(C)cc1NC(=O)C(C)Nc1ccc(NC(C)=O)cc1. The van der Waals surface area contributed by atoms with Crippen LogP contribution in [0.4, 0.5) is 17.1 Å². The van der Waals surface area contributed by atoms with E-state index in [4.69, 9.17) is 16.3 Å². The number of hydrogen-bond donors (Lipinski definition) is 3. The Balaban J connectivity index is 2.04. The molecule has 2 rings (SSSR count). The lowest BCUT2D eigenvalue weighted by molar-refractivity contribution is -0.116. The number of carbonyl (C=O) groups excluding carboxylic acids is 2. The fourth-order valence-corrected chi connectivity index (χ4v) is 2.49. The highest BCUT2D eigenvalue weighted by atomic mass is 35.5. The molecular formula is C19H22ClN3O3. The van der Waals surface area contributed by atoms with Crippen molar-refractivity contribution >= 4 is 40.5 Å². The molecule has 138 valence electrons. The summed E-state index contributed by atoms with van der Waals surface area (Å²) in [5.74, 6) is 0.155. The Hall–Kier alpha value is -2.73. The van der Waals surface area contributed by atoms with Crippen LogP contribution < -0.4 is 20.7 Å². The van der Waals surface area contributed by atoms with Gasteiger partial charge in [0.15, 0.2) is 0 Å². The maximum absolute atomic E-state index is 12.5. The number of amides is 2. The molecule has 2 aromatic rings. The van der Waals surface area contributed by atoms with Crippen molar-refractivity contribution in [1.82, 2.24) is 0 Å².